The maximum Gasteiger partial charge on any atom is 0.389 e. The maximum atomic E-state index is 12.0. The van der Waals surface area contributed by atoms with Crippen molar-refractivity contribution >= 4 is 0 Å². The molecule has 0 saturated carbocycles. The minimum Gasteiger partial charge on any atom is -0.372 e. The van der Waals surface area contributed by atoms with Crippen LogP contribution in [0, 0.1) is 6.92 Å². The van der Waals surface area contributed by atoms with Crippen molar-refractivity contribution in [2.45, 2.75) is 32.0 Å². The van der Waals surface area contributed by atoms with Gasteiger partial charge in [0.15, 0.2) is 0 Å². The van der Waals surface area contributed by atoms with Gasteiger partial charge < -0.3 is 10.5 Å². The summed E-state index contributed by atoms with van der Waals surface area (Å²) in [5.41, 5.74) is 7.56. The molecular formula is C13H18F3NO. The minimum absolute atomic E-state index is 0.0358. The van der Waals surface area contributed by atoms with Gasteiger partial charge in [-0.05, 0) is 24.5 Å². The molecule has 1 aromatic rings. The van der Waals surface area contributed by atoms with Crippen molar-refractivity contribution in [2.75, 3.05) is 13.2 Å². The second-order valence-electron chi connectivity index (χ2n) is 4.17. The van der Waals surface area contributed by atoms with Crippen molar-refractivity contribution in [3.8, 4) is 0 Å². The number of benzene rings is 1. The van der Waals surface area contributed by atoms with Gasteiger partial charge in [0.05, 0.1) is 6.10 Å². The second-order valence-corrected chi connectivity index (χ2v) is 4.17. The molecule has 0 aromatic heterocycles. The highest BCUT2D eigenvalue weighted by Crippen LogP contribution is 2.23. The first-order chi connectivity index (χ1) is 8.44. The number of rotatable bonds is 6. The monoisotopic (exact) mass is 261 g/mol. The lowest BCUT2D eigenvalue weighted by atomic mass is 10.0. The third-order valence-electron chi connectivity index (χ3n) is 2.67. The summed E-state index contributed by atoms with van der Waals surface area (Å²) in [4.78, 5) is 0. The van der Waals surface area contributed by atoms with Crippen molar-refractivity contribution in [3.05, 3.63) is 35.4 Å². The third kappa shape index (κ3) is 5.06. The molecule has 0 amide bonds. The fourth-order valence-electron chi connectivity index (χ4n) is 1.73. The third-order valence-corrected chi connectivity index (χ3v) is 2.67. The molecule has 0 bridgehead atoms. The molecule has 2 nitrogen and oxygen atoms in total. The van der Waals surface area contributed by atoms with E-state index >= 15 is 0 Å². The van der Waals surface area contributed by atoms with Gasteiger partial charge in [-0.1, -0.05) is 24.3 Å². The van der Waals surface area contributed by atoms with Gasteiger partial charge in [-0.3, -0.25) is 0 Å². The minimum atomic E-state index is -4.12. The lowest BCUT2D eigenvalue weighted by Crippen LogP contribution is -2.18. The van der Waals surface area contributed by atoms with Crippen LogP contribution in [0.3, 0.4) is 0 Å². The van der Waals surface area contributed by atoms with E-state index in [1.807, 2.05) is 31.2 Å². The summed E-state index contributed by atoms with van der Waals surface area (Å²) in [6, 6.07) is 7.58. The molecule has 102 valence electrons. The van der Waals surface area contributed by atoms with Crippen molar-refractivity contribution < 1.29 is 17.9 Å². The Bertz CT molecular complexity index is 365. The smallest absolute Gasteiger partial charge is 0.372 e. The van der Waals surface area contributed by atoms with Crippen LogP contribution < -0.4 is 5.73 Å². The van der Waals surface area contributed by atoms with E-state index in [1.165, 1.54) is 0 Å². The molecule has 0 aliphatic carbocycles. The molecule has 0 aliphatic rings. The summed E-state index contributed by atoms with van der Waals surface area (Å²) < 4.78 is 41.3. The van der Waals surface area contributed by atoms with Gasteiger partial charge in [0.25, 0.3) is 0 Å². The van der Waals surface area contributed by atoms with E-state index in [0.29, 0.717) is 0 Å². The molecule has 2 N–H and O–H groups in total. The average Bonchev–Trinajstić information content (AvgIpc) is 2.29. The number of alkyl halides is 3. The zero-order valence-electron chi connectivity index (χ0n) is 10.3. The van der Waals surface area contributed by atoms with Crippen LogP contribution in [0.5, 0.6) is 0 Å². The quantitative estimate of drug-likeness (QED) is 0.797. The van der Waals surface area contributed by atoms with Crippen LogP contribution in [-0.2, 0) is 4.74 Å². The van der Waals surface area contributed by atoms with Crippen LogP contribution in [0.4, 0.5) is 13.2 Å². The summed E-state index contributed by atoms with van der Waals surface area (Å²) in [6.07, 6.45) is -5.31. The predicted molar refractivity (Wildman–Crippen MR) is 64.2 cm³/mol. The van der Waals surface area contributed by atoms with E-state index in [-0.39, 0.29) is 25.7 Å². The fraction of sp³-hybridized carbons (Fsp3) is 0.538. The van der Waals surface area contributed by atoms with E-state index in [9.17, 15) is 13.2 Å². The largest absolute Gasteiger partial charge is 0.389 e. The Morgan fingerprint density at radius 2 is 1.94 bits per heavy atom. The van der Waals surface area contributed by atoms with E-state index in [2.05, 4.69) is 0 Å². The number of aryl methyl sites for hydroxylation is 1. The van der Waals surface area contributed by atoms with E-state index in [4.69, 9.17) is 10.5 Å². The molecule has 1 rings (SSSR count). The van der Waals surface area contributed by atoms with Crippen LogP contribution in [-0.4, -0.2) is 19.3 Å². The second kappa shape index (κ2) is 6.75. The normalized spacial score (nSPS) is 13.6. The molecule has 0 fully saturated rings. The van der Waals surface area contributed by atoms with Gasteiger partial charge in [0.1, 0.15) is 0 Å². The Kier molecular flexibility index (Phi) is 5.62. The topological polar surface area (TPSA) is 35.2 Å². The van der Waals surface area contributed by atoms with E-state index < -0.39 is 12.6 Å². The highest BCUT2D eigenvalue weighted by Gasteiger charge is 2.26. The number of halogens is 3. The van der Waals surface area contributed by atoms with Gasteiger partial charge in [0, 0.05) is 19.6 Å². The highest BCUT2D eigenvalue weighted by atomic mass is 19.4. The molecule has 0 aliphatic heterocycles. The number of hydrogen-bond donors (Lipinski definition) is 1. The van der Waals surface area contributed by atoms with Crippen molar-refractivity contribution in [1.29, 1.82) is 0 Å². The lowest BCUT2D eigenvalue weighted by Gasteiger charge is -2.18. The molecule has 0 saturated heterocycles. The zero-order chi connectivity index (χ0) is 13.6. The van der Waals surface area contributed by atoms with Crippen LogP contribution in [0.2, 0.25) is 0 Å². The van der Waals surface area contributed by atoms with Crippen molar-refractivity contribution in [3.63, 3.8) is 0 Å². The van der Waals surface area contributed by atoms with Gasteiger partial charge in [-0.15, -0.1) is 0 Å². The summed E-state index contributed by atoms with van der Waals surface area (Å²) in [6.45, 7) is 2.25. The number of nitrogens with two attached hydrogens (primary N) is 1. The number of ether oxygens (including phenoxy) is 1. The van der Waals surface area contributed by atoms with Gasteiger partial charge in [-0.2, -0.15) is 13.2 Å². The molecule has 5 heteroatoms. The van der Waals surface area contributed by atoms with Crippen LogP contribution >= 0.6 is 0 Å². The first kappa shape index (κ1) is 15.0. The van der Waals surface area contributed by atoms with Gasteiger partial charge in [0.2, 0.25) is 0 Å². The SMILES string of the molecule is Cc1ccccc1C(CN)OCCCC(F)(F)F. The van der Waals surface area contributed by atoms with Gasteiger partial charge in [-0.25, -0.2) is 0 Å². The van der Waals surface area contributed by atoms with Crippen LogP contribution in [0.25, 0.3) is 0 Å². The predicted octanol–water partition coefficient (Wildman–Crippen LogP) is 3.35. The van der Waals surface area contributed by atoms with E-state index in [0.717, 1.165) is 11.1 Å². The molecule has 0 radical (unpaired) electrons. The Morgan fingerprint density at radius 3 is 2.50 bits per heavy atom. The van der Waals surface area contributed by atoms with Crippen molar-refractivity contribution in [2.24, 2.45) is 5.73 Å². The summed E-state index contributed by atoms with van der Waals surface area (Å²) in [5.74, 6) is 0. The Balaban J connectivity index is 2.46. The maximum absolute atomic E-state index is 12.0. The molecular weight excluding hydrogens is 243 g/mol. The molecule has 1 unspecified atom stereocenters. The Hall–Kier alpha value is -1.07. The highest BCUT2D eigenvalue weighted by molar-refractivity contribution is 5.27. The Morgan fingerprint density at radius 1 is 1.28 bits per heavy atom. The molecule has 1 aromatic carbocycles. The summed E-state index contributed by atoms with van der Waals surface area (Å²) >= 11 is 0. The Labute approximate surface area is 105 Å². The van der Waals surface area contributed by atoms with E-state index in [1.54, 1.807) is 0 Å². The molecule has 0 heterocycles. The van der Waals surface area contributed by atoms with Crippen molar-refractivity contribution in [1.82, 2.24) is 0 Å². The molecule has 1 atom stereocenters. The van der Waals surface area contributed by atoms with Gasteiger partial charge >= 0.3 is 6.18 Å². The summed E-state index contributed by atoms with van der Waals surface area (Å²) in [5, 5.41) is 0. The van der Waals surface area contributed by atoms with Crippen LogP contribution in [0.1, 0.15) is 30.1 Å². The number of hydrogen-bond acceptors (Lipinski definition) is 2. The first-order valence-electron chi connectivity index (χ1n) is 5.88. The zero-order valence-corrected chi connectivity index (χ0v) is 10.3. The van der Waals surface area contributed by atoms with Crippen LogP contribution in [0.15, 0.2) is 24.3 Å². The standard InChI is InChI=1S/C13H18F3NO/c1-10-5-2-3-6-11(10)12(9-17)18-8-4-7-13(14,15)16/h2-3,5-6,12H,4,7-9,17H2,1H3. The lowest BCUT2D eigenvalue weighted by molar-refractivity contribution is -0.138. The fourth-order valence-corrected chi connectivity index (χ4v) is 1.73. The average molecular weight is 261 g/mol. The summed E-state index contributed by atoms with van der Waals surface area (Å²) in [7, 11) is 0. The molecule has 18 heavy (non-hydrogen) atoms. The molecule has 0 spiro atoms. The first-order valence-corrected chi connectivity index (χ1v) is 5.88.